The van der Waals surface area contributed by atoms with E-state index in [-0.39, 0.29) is 30.7 Å². The van der Waals surface area contributed by atoms with Crippen molar-refractivity contribution in [3.63, 3.8) is 0 Å². The summed E-state index contributed by atoms with van der Waals surface area (Å²) in [6.45, 7) is 0.657. The number of hydrogen-bond acceptors (Lipinski definition) is 3. The number of nitrogens with zero attached hydrogens (tertiary/aromatic N) is 2. The van der Waals surface area contributed by atoms with Crippen LogP contribution in [0, 0.1) is 0 Å². The first-order valence-corrected chi connectivity index (χ1v) is 13.5. The zero-order valence-electron chi connectivity index (χ0n) is 21.8. The Morgan fingerprint density at radius 1 is 0.923 bits per heavy atom. The van der Waals surface area contributed by atoms with Gasteiger partial charge in [-0.3, -0.25) is 14.4 Å². The highest BCUT2D eigenvalue weighted by Gasteiger charge is 2.32. The Kier molecular flexibility index (Phi) is 7.94. The van der Waals surface area contributed by atoms with Gasteiger partial charge >= 0.3 is 0 Å². The van der Waals surface area contributed by atoms with Crippen molar-refractivity contribution in [2.24, 2.45) is 0 Å². The van der Waals surface area contributed by atoms with Crippen molar-refractivity contribution < 1.29 is 14.4 Å². The minimum Gasteiger partial charge on any atom is -0.357 e. The Morgan fingerprint density at radius 2 is 1.64 bits per heavy atom. The summed E-state index contributed by atoms with van der Waals surface area (Å²) >= 11 is 6.23. The van der Waals surface area contributed by atoms with Crippen LogP contribution in [0.3, 0.4) is 0 Å². The van der Waals surface area contributed by atoms with Gasteiger partial charge < -0.3 is 15.1 Å². The second-order valence-electron chi connectivity index (χ2n) is 9.71. The van der Waals surface area contributed by atoms with Gasteiger partial charge in [0.05, 0.1) is 5.69 Å². The van der Waals surface area contributed by atoms with Gasteiger partial charge in [0.25, 0.3) is 5.91 Å². The largest absolute Gasteiger partial charge is 0.357 e. The third-order valence-electron chi connectivity index (χ3n) is 7.18. The Balaban J connectivity index is 1.35. The first-order valence-electron chi connectivity index (χ1n) is 13.1. The average molecular weight is 540 g/mol. The molecule has 0 aliphatic carbocycles. The number of carbonyl (C=O) groups is 3. The standard InChI is InChI=1S/C32H30ClN3O3/c1-34-31(38)28(20-22-9-3-2-4-10-22)36(21-23-11-5-14-25(33)19-23)29(37)17-8-18-35-27-16-7-13-24-12-6-15-26(30(24)27)32(35)39/h2-7,9-16,19,28H,8,17-18,20-21H2,1H3,(H,34,38). The molecule has 0 saturated carbocycles. The molecule has 5 rings (SSSR count). The third kappa shape index (κ3) is 5.66. The normalized spacial score (nSPS) is 13.0. The second-order valence-corrected chi connectivity index (χ2v) is 10.1. The van der Waals surface area contributed by atoms with E-state index in [0.717, 1.165) is 27.6 Å². The molecule has 0 spiro atoms. The monoisotopic (exact) mass is 539 g/mol. The number of likely N-dealkylation sites (N-methyl/N-ethyl adjacent to an activating group) is 1. The maximum absolute atomic E-state index is 13.8. The lowest BCUT2D eigenvalue weighted by Crippen LogP contribution is -2.49. The van der Waals surface area contributed by atoms with Crippen LogP contribution in [-0.4, -0.2) is 42.3 Å². The third-order valence-corrected chi connectivity index (χ3v) is 7.42. The average Bonchev–Trinajstić information content (AvgIpc) is 3.23. The highest BCUT2D eigenvalue weighted by atomic mass is 35.5. The van der Waals surface area contributed by atoms with Crippen molar-refractivity contribution in [2.45, 2.75) is 31.8 Å². The fraction of sp³-hybridized carbons (Fsp3) is 0.219. The predicted octanol–water partition coefficient (Wildman–Crippen LogP) is 5.62. The molecular weight excluding hydrogens is 510 g/mol. The highest BCUT2D eigenvalue weighted by molar-refractivity contribution is 6.30. The van der Waals surface area contributed by atoms with Gasteiger partial charge in [-0.1, -0.05) is 78.3 Å². The minimum absolute atomic E-state index is 0.0441. The molecule has 6 nitrogen and oxygen atoms in total. The topological polar surface area (TPSA) is 69.7 Å². The van der Waals surface area contributed by atoms with Gasteiger partial charge in [0.1, 0.15) is 6.04 Å². The first-order chi connectivity index (χ1) is 19.0. The van der Waals surface area contributed by atoms with E-state index in [9.17, 15) is 14.4 Å². The van der Waals surface area contributed by atoms with E-state index in [1.807, 2.05) is 84.9 Å². The zero-order chi connectivity index (χ0) is 27.4. The van der Waals surface area contributed by atoms with Crippen LogP contribution in [0.4, 0.5) is 5.69 Å². The number of hydrogen-bond donors (Lipinski definition) is 1. The zero-order valence-corrected chi connectivity index (χ0v) is 22.5. The van der Waals surface area contributed by atoms with Gasteiger partial charge in [-0.15, -0.1) is 0 Å². The van der Waals surface area contributed by atoms with Crippen LogP contribution in [0.1, 0.15) is 34.3 Å². The van der Waals surface area contributed by atoms with Gasteiger partial charge in [0.15, 0.2) is 0 Å². The number of anilines is 1. The fourth-order valence-electron chi connectivity index (χ4n) is 5.29. The lowest BCUT2D eigenvalue weighted by atomic mass is 10.0. The maximum atomic E-state index is 13.8. The summed E-state index contributed by atoms with van der Waals surface area (Å²) in [4.78, 5) is 43.4. The Hall–Kier alpha value is -4.16. The van der Waals surface area contributed by atoms with Crippen LogP contribution in [0.5, 0.6) is 0 Å². The number of carbonyl (C=O) groups excluding carboxylic acids is 3. The van der Waals surface area contributed by atoms with Crippen molar-refractivity contribution in [3.05, 3.63) is 113 Å². The predicted molar refractivity (Wildman–Crippen MR) is 155 cm³/mol. The molecule has 0 radical (unpaired) electrons. The molecule has 0 aromatic heterocycles. The van der Waals surface area contributed by atoms with Gasteiger partial charge in [0.2, 0.25) is 11.8 Å². The SMILES string of the molecule is CNC(=O)C(Cc1ccccc1)N(Cc1cccc(Cl)c1)C(=O)CCCN1C(=O)c2cccc3cccc1c23. The van der Waals surface area contributed by atoms with E-state index in [4.69, 9.17) is 11.6 Å². The van der Waals surface area contributed by atoms with E-state index >= 15 is 0 Å². The molecule has 3 amide bonds. The minimum atomic E-state index is -0.699. The number of nitrogens with one attached hydrogen (secondary N) is 1. The Labute approximate surface area is 233 Å². The lowest BCUT2D eigenvalue weighted by Gasteiger charge is -2.31. The van der Waals surface area contributed by atoms with Crippen LogP contribution in [0.2, 0.25) is 5.02 Å². The van der Waals surface area contributed by atoms with Crippen LogP contribution in [0.25, 0.3) is 10.8 Å². The number of benzene rings is 4. The molecule has 0 saturated heterocycles. The van der Waals surface area contributed by atoms with E-state index < -0.39 is 6.04 Å². The first kappa shape index (κ1) is 26.4. The van der Waals surface area contributed by atoms with Crippen molar-refractivity contribution >= 4 is 45.8 Å². The summed E-state index contributed by atoms with van der Waals surface area (Å²) in [5, 5.41) is 5.29. The summed E-state index contributed by atoms with van der Waals surface area (Å²) < 4.78 is 0. The molecule has 0 bridgehead atoms. The molecule has 1 heterocycles. The van der Waals surface area contributed by atoms with Gasteiger partial charge in [-0.25, -0.2) is 0 Å². The fourth-order valence-corrected chi connectivity index (χ4v) is 5.50. The summed E-state index contributed by atoms with van der Waals surface area (Å²) in [7, 11) is 1.58. The number of amides is 3. The van der Waals surface area contributed by atoms with Crippen molar-refractivity contribution in [1.82, 2.24) is 10.2 Å². The summed E-state index contributed by atoms with van der Waals surface area (Å²) in [6, 6.07) is 27.9. The van der Waals surface area contributed by atoms with Crippen LogP contribution in [-0.2, 0) is 22.6 Å². The quantitative estimate of drug-likeness (QED) is 0.284. The smallest absolute Gasteiger partial charge is 0.258 e. The molecule has 39 heavy (non-hydrogen) atoms. The van der Waals surface area contributed by atoms with Crippen molar-refractivity contribution in [3.8, 4) is 0 Å². The molecule has 1 aliphatic heterocycles. The van der Waals surface area contributed by atoms with Gasteiger partial charge in [-0.2, -0.15) is 0 Å². The molecule has 1 N–H and O–H groups in total. The van der Waals surface area contributed by atoms with E-state index in [2.05, 4.69) is 5.32 Å². The lowest BCUT2D eigenvalue weighted by molar-refractivity contribution is -0.141. The summed E-state index contributed by atoms with van der Waals surface area (Å²) in [6.07, 6.45) is 1.04. The molecule has 1 aliphatic rings. The summed E-state index contributed by atoms with van der Waals surface area (Å²) in [5.74, 6) is -0.426. The molecule has 1 unspecified atom stereocenters. The molecule has 4 aromatic carbocycles. The summed E-state index contributed by atoms with van der Waals surface area (Å²) in [5.41, 5.74) is 3.38. The molecular formula is C32H30ClN3O3. The maximum Gasteiger partial charge on any atom is 0.258 e. The number of rotatable bonds is 10. The molecule has 4 aromatic rings. The molecule has 1 atom stereocenters. The molecule has 7 heteroatoms. The van der Waals surface area contributed by atoms with Crippen LogP contribution >= 0.6 is 11.6 Å². The molecule has 0 fully saturated rings. The Bertz CT molecular complexity index is 1520. The van der Waals surface area contributed by atoms with Crippen LogP contribution in [0.15, 0.2) is 91.0 Å². The Morgan fingerprint density at radius 3 is 2.38 bits per heavy atom. The van der Waals surface area contributed by atoms with Crippen molar-refractivity contribution in [2.75, 3.05) is 18.5 Å². The van der Waals surface area contributed by atoms with E-state index in [1.165, 1.54) is 0 Å². The second kappa shape index (κ2) is 11.7. The number of halogens is 1. The molecule has 198 valence electrons. The van der Waals surface area contributed by atoms with Crippen LogP contribution < -0.4 is 10.2 Å². The van der Waals surface area contributed by atoms with E-state index in [1.54, 1.807) is 22.9 Å². The van der Waals surface area contributed by atoms with Gasteiger partial charge in [0, 0.05) is 49.0 Å². The van der Waals surface area contributed by atoms with Crippen molar-refractivity contribution in [1.29, 1.82) is 0 Å². The highest BCUT2D eigenvalue weighted by Crippen LogP contribution is 2.37. The van der Waals surface area contributed by atoms with Gasteiger partial charge in [-0.05, 0) is 47.2 Å². The van der Waals surface area contributed by atoms with E-state index in [0.29, 0.717) is 30.0 Å².